The number of furan rings is 2. The Hall–Kier alpha value is -3.59. The Morgan fingerprint density at radius 3 is 2.31 bits per heavy atom. The van der Waals surface area contributed by atoms with Crippen molar-refractivity contribution in [3.05, 3.63) is 78.4 Å². The molecular weight excluding hydrogens is 415 g/mol. The van der Waals surface area contributed by atoms with Crippen LogP contribution in [-0.4, -0.2) is 49.4 Å². The third kappa shape index (κ3) is 5.17. The molecule has 1 saturated heterocycles. The van der Waals surface area contributed by atoms with Crippen LogP contribution >= 0.6 is 0 Å². The SMILES string of the molecule is O=C(NCc1ccco1)C(=O)NC[C@H](c1ccco1)N1CCN(c2ccccc2F)CC1. The van der Waals surface area contributed by atoms with E-state index in [1.807, 2.05) is 17.0 Å². The minimum atomic E-state index is -0.732. The molecule has 9 heteroatoms. The molecular formula is C23H25FN4O4. The number of piperazine rings is 1. The van der Waals surface area contributed by atoms with E-state index in [1.54, 1.807) is 36.6 Å². The molecule has 0 bridgehead atoms. The zero-order valence-corrected chi connectivity index (χ0v) is 17.5. The normalized spacial score (nSPS) is 15.3. The van der Waals surface area contributed by atoms with Gasteiger partial charge in [-0.3, -0.25) is 14.5 Å². The number of nitrogens with zero attached hydrogens (tertiary/aromatic N) is 2. The van der Waals surface area contributed by atoms with Crippen molar-refractivity contribution >= 4 is 17.5 Å². The quantitative estimate of drug-likeness (QED) is 0.548. The lowest BCUT2D eigenvalue weighted by molar-refractivity contribution is -0.139. The number of benzene rings is 1. The van der Waals surface area contributed by atoms with E-state index in [1.165, 1.54) is 12.3 Å². The molecule has 2 amide bonds. The molecule has 1 aliphatic heterocycles. The Labute approximate surface area is 185 Å². The molecule has 1 aromatic carbocycles. The van der Waals surface area contributed by atoms with Gasteiger partial charge in [0.25, 0.3) is 0 Å². The Bertz CT molecular complexity index is 1010. The number of anilines is 1. The first-order valence-corrected chi connectivity index (χ1v) is 10.5. The maximum absolute atomic E-state index is 14.1. The summed E-state index contributed by atoms with van der Waals surface area (Å²) in [7, 11) is 0. The van der Waals surface area contributed by atoms with Gasteiger partial charge in [-0.2, -0.15) is 0 Å². The summed E-state index contributed by atoms with van der Waals surface area (Å²) in [5.41, 5.74) is 0.586. The predicted octanol–water partition coefficient (Wildman–Crippen LogP) is 2.31. The Morgan fingerprint density at radius 1 is 0.906 bits per heavy atom. The van der Waals surface area contributed by atoms with Gasteiger partial charge in [0.1, 0.15) is 17.3 Å². The van der Waals surface area contributed by atoms with Crippen molar-refractivity contribution in [1.29, 1.82) is 0 Å². The third-order valence-electron chi connectivity index (χ3n) is 5.49. The van der Waals surface area contributed by atoms with Gasteiger partial charge < -0.3 is 24.4 Å². The first-order chi connectivity index (χ1) is 15.6. The number of hydrogen-bond acceptors (Lipinski definition) is 6. The number of carbonyl (C=O) groups excluding carboxylic acids is 2. The van der Waals surface area contributed by atoms with Gasteiger partial charge in [-0.1, -0.05) is 12.1 Å². The van der Waals surface area contributed by atoms with E-state index in [2.05, 4.69) is 15.5 Å². The molecule has 1 aliphatic rings. The van der Waals surface area contributed by atoms with Crippen LogP contribution in [0.5, 0.6) is 0 Å². The minimum absolute atomic E-state index is 0.138. The summed E-state index contributed by atoms with van der Waals surface area (Å²) in [4.78, 5) is 28.6. The van der Waals surface area contributed by atoms with Crippen molar-refractivity contribution in [3.8, 4) is 0 Å². The monoisotopic (exact) mass is 440 g/mol. The molecule has 168 valence electrons. The molecule has 1 atom stereocenters. The van der Waals surface area contributed by atoms with Crippen molar-refractivity contribution in [3.63, 3.8) is 0 Å². The van der Waals surface area contributed by atoms with Crippen LogP contribution in [0, 0.1) is 5.82 Å². The molecule has 8 nitrogen and oxygen atoms in total. The zero-order chi connectivity index (χ0) is 22.3. The standard InChI is InChI=1S/C23H25FN4O4/c24-18-6-1-2-7-19(18)27-9-11-28(12-10-27)20(21-8-4-14-32-21)16-26-23(30)22(29)25-15-17-5-3-13-31-17/h1-8,13-14,20H,9-12,15-16H2,(H,25,29)(H,26,30)/t20-/m1/s1. The van der Waals surface area contributed by atoms with Gasteiger partial charge in [-0.25, -0.2) is 4.39 Å². The first-order valence-electron chi connectivity index (χ1n) is 10.5. The maximum atomic E-state index is 14.1. The van der Waals surface area contributed by atoms with Gasteiger partial charge in [0.15, 0.2) is 0 Å². The summed E-state index contributed by atoms with van der Waals surface area (Å²) in [5, 5.41) is 5.22. The Kier molecular flexibility index (Phi) is 6.86. The van der Waals surface area contributed by atoms with Gasteiger partial charge in [0.05, 0.1) is 30.8 Å². The summed E-state index contributed by atoms with van der Waals surface area (Å²) in [5.74, 6) is -0.439. The number of carbonyl (C=O) groups is 2. The molecule has 3 aromatic rings. The molecule has 0 radical (unpaired) electrons. The van der Waals surface area contributed by atoms with Crippen molar-refractivity contribution in [2.45, 2.75) is 12.6 Å². The van der Waals surface area contributed by atoms with Gasteiger partial charge in [-0.05, 0) is 36.4 Å². The number of rotatable bonds is 7. The van der Waals surface area contributed by atoms with E-state index in [0.717, 1.165) is 0 Å². The molecule has 4 rings (SSSR count). The molecule has 1 fully saturated rings. The van der Waals surface area contributed by atoms with Crippen LogP contribution < -0.4 is 15.5 Å². The van der Waals surface area contributed by atoms with Crippen molar-refractivity contribution < 1.29 is 22.8 Å². The molecule has 0 aliphatic carbocycles. The molecule has 32 heavy (non-hydrogen) atoms. The molecule has 3 heterocycles. The van der Waals surface area contributed by atoms with Crippen LogP contribution in [-0.2, 0) is 16.1 Å². The summed E-state index contributed by atoms with van der Waals surface area (Å²) < 4.78 is 24.9. The molecule has 0 saturated carbocycles. The number of hydrogen-bond donors (Lipinski definition) is 2. The lowest BCUT2D eigenvalue weighted by Gasteiger charge is -2.39. The topological polar surface area (TPSA) is 91.0 Å². The van der Waals surface area contributed by atoms with E-state index in [9.17, 15) is 14.0 Å². The zero-order valence-electron chi connectivity index (χ0n) is 17.5. The molecule has 2 aromatic heterocycles. The van der Waals surface area contributed by atoms with E-state index >= 15 is 0 Å². The Balaban J connectivity index is 1.33. The summed E-state index contributed by atoms with van der Waals surface area (Å²) in [6.07, 6.45) is 3.08. The Morgan fingerprint density at radius 2 is 1.62 bits per heavy atom. The van der Waals surface area contributed by atoms with E-state index < -0.39 is 11.8 Å². The third-order valence-corrected chi connectivity index (χ3v) is 5.49. The van der Waals surface area contributed by atoms with Gasteiger partial charge in [0, 0.05) is 32.7 Å². The van der Waals surface area contributed by atoms with Crippen LogP contribution in [0.2, 0.25) is 0 Å². The fourth-order valence-electron chi connectivity index (χ4n) is 3.80. The second kappa shape index (κ2) is 10.1. The summed E-state index contributed by atoms with van der Waals surface area (Å²) >= 11 is 0. The van der Waals surface area contributed by atoms with Gasteiger partial charge in [0.2, 0.25) is 0 Å². The number of para-hydroxylation sites is 1. The first kappa shape index (κ1) is 21.6. The number of nitrogens with one attached hydrogen (secondary N) is 2. The van der Waals surface area contributed by atoms with Gasteiger partial charge >= 0.3 is 11.8 Å². The summed E-state index contributed by atoms with van der Waals surface area (Å²) in [6, 6.07) is 13.5. The van der Waals surface area contributed by atoms with Crippen LogP contribution in [0.4, 0.5) is 10.1 Å². The lowest BCUT2D eigenvalue weighted by Crippen LogP contribution is -2.51. The minimum Gasteiger partial charge on any atom is -0.468 e. The highest BCUT2D eigenvalue weighted by Gasteiger charge is 2.28. The highest BCUT2D eigenvalue weighted by Crippen LogP contribution is 2.25. The predicted molar refractivity (Wildman–Crippen MR) is 115 cm³/mol. The average molecular weight is 440 g/mol. The van der Waals surface area contributed by atoms with E-state index in [0.29, 0.717) is 43.4 Å². The van der Waals surface area contributed by atoms with E-state index in [-0.39, 0.29) is 24.9 Å². The van der Waals surface area contributed by atoms with Crippen molar-refractivity contribution in [1.82, 2.24) is 15.5 Å². The van der Waals surface area contributed by atoms with Crippen molar-refractivity contribution in [2.75, 3.05) is 37.6 Å². The number of halogens is 1. The second-order valence-electron chi connectivity index (χ2n) is 7.48. The second-order valence-corrected chi connectivity index (χ2v) is 7.48. The fraction of sp³-hybridized carbons (Fsp3) is 0.304. The van der Waals surface area contributed by atoms with Crippen LogP contribution in [0.3, 0.4) is 0 Å². The molecule has 0 spiro atoms. The number of amides is 2. The highest BCUT2D eigenvalue weighted by molar-refractivity contribution is 6.35. The summed E-state index contributed by atoms with van der Waals surface area (Å²) in [6.45, 7) is 2.92. The largest absolute Gasteiger partial charge is 0.468 e. The fourth-order valence-corrected chi connectivity index (χ4v) is 3.80. The van der Waals surface area contributed by atoms with Crippen LogP contribution in [0.1, 0.15) is 17.6 Å². The van der Waals surface area contributed by atoms with E-state index in [4.69, 9.17) is 8.83 Å². The maximum Gasteiger partial charge on any atom is 0.309 e. The lowest BCUT2D eigenvalue weighted by atomic mass is 10.1. The van der Waals surface area contributed by atoms with Crippen molar-refractivity contribution in [2.24, 2.45) is 0 Å². The van der Waals surface area contributed by atoms with Gasteiger partial charge in [-0.15, -0.1) is 0 Å². The average Bonchev–Trinajstić information content (AvgIpc) is 3.53. The van der Waals surface area contributed by atoms with Crippen LogP contribution in [0.25, 0.3) is 0 Å². The molecule has 0 unspecified atom stereocenters. The highest BCUT2D eigenvalue weighted by atomic mass is 19.1. The smallest absolute Gasteiger partial charge is 0.309 e. The molecule has 2 N–H and O–H groups in total. The van der Waals surface area contributed by atoms with Crippen LogP contribution in [0.15, 0.2) is 69.9 Å².